The van der Waals surface area contributed by atoms with Crippen molar-refractivity contribution in [2.24, 2.45) is 5.92 Å². The Balaban J connectivity index is 1.53. The van der Waals surface area contributed by atoms with Gasteiger partial charge in [0.05, 0.1) is 0 Å². The van der Waals surface area contributed by atoms with Gasteiger partial charge < -0.3 is 10.2 Å². The minimum Gasteiger partial charge on any atom is -0.359 e. The van der Waals surface area contributed by atoms with E-state index in [1.165, 1.54) is 0 Å². The lowest BCUT2D eigenvalue weighted by Gasteiger charge is -2.17. The first-order valence-electron chi connectivity index (χ1n) is 10.2. The zero-order valence-corrected chi connectivity index (χ0v) is 18.0. The summed E-state index contributed by atoms with van der Waals surface area (Å²) in [6.45, 7) is 3.33. The van der Waals surface area contributed by atoms with Gasteiger partial charge in [0, 0.05) is 37.1 Å². The molecular weight excluding hydrogens is 396 g/mol. The average molecular weight is 421 g/mol. The van der Waals surface area contributed by atoms with Gasteiger partial charge in [-0.15, -0.1) is 0 Å². The molecule has 1 fully saturated rings. The highest BCUT2D eigenvalue weighted by molar-refractivity contribution is 6.31. The molecule has 1 heterocycles. The van der Waals surface area contributed by atoms with Crippen LogP contribution in [0.25, 0.3) is 21.9 Å². The number of benzene rings is 3. The van der Waals surface area contributed by atoms with Gasteiger partial charge in [0.15, 0.2) is 0 Å². The number of nitrogens with one attached hydrogen (secondary N) is 1. The Morgan fingerprint density at radius 1 is 1.03 bits per heavy atom. The molecule has 0 aromatic heterocycles. The van der Waals surface area contributed by atoms with Crippen LogP contribution in [0.2, 0.25) is 5.02 Å². The fourth-order valence-electron chi connectivity index (χ4n) is 4.06. The Morgan fingerprint density at radius 2 is 1.73 bits per heavy atom. The van der Waals surface area contributed by atoms with Gasteiger partial charge in [-0.3, -0.25) is 9.59 Å². The number of carbonyl (C=O) groups is 2. The van der Waals surface area contributed by atoms with Crippen LogP contribution in [-0.2, 0) is 4.79 Å². The molecule has 154 valence electrons. The highest BCUT2D eigenvalue weighted by atomic mass is 35.5. The van der Waals surface area contributed by atoms with Crippen molar-refractivity contribution < 1.29 is 9.59 Å². The summed E-state index contributed by atoms with van der Waals surface area (Å²) in [6.07, 6.45) is 1.35. The van der Waals surface area contributed by atoms with Gasteiger partial charge in [0.25, 0.3) is 5.91 Å². The molecule has 30 heavy (non-hydrogen) atoms. The van der Waals surface area contributed by atoms with Crippen molar-refractivity contribution in [2.75, 3.05) is 20.1 Å². The molecular formula is C25H25ClN2O2. The lowest BCUT2D eigenvalue weighted by Crippen LogP contribution is -2.29. The normalized spacial score (nSPS) is 16.1. The lowest BCUT2D eigenvalue weighted by atomic mass is 9.99. The van der Waals surface area contributed by atoms with Gasteiger partial charge in [-0.1, -0.05) is 41.9 Å². The van der Waals surface area contributed by atoms with Crippen LogP contribution in [0.4, 0.5) is 0 Å². The van der Waals surface area contributed by atoms with Crippen molar-refractivity contribution in [3.8, 4) is 11.1 Å². The Morgan fingerprint density at radius 3 is 2.50 bits per heavy atom. The summed E-state index contributed by atoms with van der Waals surface area (Å²) >= 11 is 6.28. The highest BCUT2D eigenvalue weighted by Gasteiger charge is 2.28. The molecule has 0 spiro atoms. The molecule has 1 aliphatic rings. The topological polar surface area (TPSA) is 49.4 Å². The average Bonchev–Trinajstić information content (AvgIpc) is 3.22. The van der Waals surface area contributed by atoms with Crippen molar-refractivity contribution in [1.29, 1.82) is 0 Å². The van der Waals surface area contributed by atoms with Crippen molar-refractivity contribution in [3.63, 3.8) is 0 Å². The summed E-state index contributed by atoms with van der Waals surface area (Å²) in [7, 11) is 1.65. The molecule has 2 amide bonds. The number of halogens is 1. The first kappa shape index (κ1) is 20.4. The number of likely N-dealkylation sites (tertiary alicyclic amines) is 1. The maximum atomic E-state index is 13.0. The Hall–Kier alpha value is -2.85. The summed E-state index contributed by atoms with van der Waals surface area (Å²) in [6, 6.07) is 18.2. The third-order valence-electron chi connectivity index (χ3n) is 5.92. The summed E-state index contributed by atoms with van der Waals surface area (Å²) < 4.78 is 0. The van der Waals surface area contributed by atoms with Gasteiger partial charge in [0.2, 0.25) is 5.91 Å². The van der Waals surface area contributed by atoms with Gasteiger partial charge in [-0.25, -0.2) is 0 Å². The third-order valence-corrected chi connectivity index (χ3v) is 6.33. The van der Waals surface area contributed by atoms with E-state index in [0.29, 0.717) is 25.1 Å². The highest BCUT2D eigenvalue weighted by Crippen LogP contribution is 2.29. The molecule has 4 rings (SSSR count). The van der Waals surface area contributed by atoms with E-state index in [0.717, 1.165) is 38.9 Å². The SMILES string of the molecule is CNC(=O)CC1CCN(C(=O)c2ccc3cc(-c4ccc(C)c(Cl)c4)ccc3c2)C1. The molecule has 0 saturated carbocycles. The molecule has 1 saturated heterocycles. The number of nitrogens with zero attached hydrogens (tertiary/aromatic N) is 1. The van der Waals surface area contributed by atoms with Crippen molar-refractivity contribution in [2.45, 2.75) is 19.8 Å². The predicted molar refractivity (Wildman–Crippen MR) is 122 cm³/mol. The molecule has 4 nitrogen and oxygen atoms in total. The minimum atomic E-state index is 0.0330. The summed E-state index contributed by atoms with van der Waals surface area (Å²) in [5.74, 6) is 0.301. The van der Waals surface area contributed by atoms with E-state index in [4.69, 9.17) is 11.6 Å². The molecule has 1 atom stereocenters. The second-order valence-electron chi connectivity index (χ2n) is 8.02. The fourth-order valence-corrected chi connectivity index (χ4v) is 4.24. The van der Waals surface area contributed by atoms with Crippen LogP contribution in [0.1, 0.15) is 28.8 Å². The molecule has 1 unspecified atom stereocenters. The number of hydrogen-bond acceptors (Lipinski definition) is 2. The monoisotopic (exact) mass is 420 g/mol. The summed E-state index contributed by atoms with van der Waals surface area (Å²) in [5.41, 5.74) is 3.92. The second kappa shape index (κ2) is 8.49. The molecule has 3 aromatic carbocycles. The van der Waals surface area contributed by atoms with Crippen LogP contribution < -0.4 is 5.32 Å². The van der Waals surface area contributed by atoms with E-state index in [9.17, 15) is 9.59 Å². The smallest absolute Gasteiger partial charge is 0.253 e. The second-order valence-corrected chi connectivity index (χ2v) is 8.43. The van der Waals surface area contributed by atoms with Crippen LogP contribution >= 0.6 is 11.6 Å². The van der Waals surface area contributed by atoms with E-state index in [-0.39, 0.29) is 17.7 Å². The number of amides is 2. The van der Waals surface area contributed by atoms with E-state index < -0.39 is 0 Å². The van der Waals surface area contributed by atoms with Gasteiger partial charge in [-0.05, 0) is 71.0 Å². The zero-order chi connectivity index (χ0) is 21.3. The maximum absolute atomic E-state index is 13.0. The number of hydrogen-bond donors (Lipinski definition) is 1. The van der Waals surface area contributed by atoms with Crippen LogP contribution in [0.5, 0.6) is 0 Å². The lowest BCUT2D eigenvalue weighted by molar-refractivity contribution is -0.121. The van der Waals surface area contributed by atoms with Crippen LogP contribution in [0.3, 0.4) is 0 Å². The van der Waals surface area contributed by atoms with Crippen molar-refractivity contribution in [1.82, 2.24) is 10.2 Å². The first-order valence-corrected chi connectivity index (χ1v) is 10.6. The van der Waals surface area contributed by atoms with Crippen LogP contribution in [0, 0.1) is 12.8 Å². The first-order chi connectivity index (χ1) is 14.4. The Kier molecular flexibility index (Phi) is 5.78. The summed E-state index contributed by atoms with van der Waals surface area (Å²) in [5, 5.41) is 5.53. The van der Waals surface area contributed by atoms with E-state index in [1.807, 2.05) is 48.2 Å². The molecule has 1 N–H and O–H groups in total. The van der Waals surface area contributed by atoms with E-state index >= 15 is 0 Å². The minimum absolute atomic E-state index is 0.0330. The molecule has 0 aliphatic carbocycles. The Bertz CT molecular complexity index is 1130. The number of fused-ring (bicyclic) bond motifs is 1. The van der Waals surface area contributed by atoms with Crippen LogP contribution in [0.15, 0.2) is 54.6 Å². The van der Waals surface area contributed by atoms with Crippen LogP contribution in [-0.4, -0.2) is 36.9 Å². The number of aryl methyl sites for hydroxylation is 1. The maximum Gasteiger partial charge on any atom is 0.253 e. The number of carbonyl (C=O) groups excluding carboxylic acids is 2. The molecule has 5 heteroatoms. The van der Waals surface area contributed by atoms with E-state index in [2.05, 4.69) is 23.5 Å². The quantitative estimate of drug-likeness (QED) is 0.640. The molecule has 0 bridgehead atoms. The predicted octanol–water partition coefficient (Wildman–Crippen LogP) is 5.07. The molecule has 3 aromatic rings. The zero-order valence-electron chi connectivity index (χ0n) is 17.2. The van der Waals surface area contributed by atoms with Crippen molar-refractivity contribution >= 4 is 34.2 Å². The largest absolute Gasteiger partial charge is 0.359 e. The molecule has 1 aliphatic heterocycles. The third kappa shape index (κ3) is 4.19. The van der Waals surface area contributed by atoms with Crippen molar-refractivity contribution in [3.05, 3.63) is 70.7 Å². The fraction of sp³-hybridized carbons (Fsp3) is 0.280. The molecule has 0 radical (unpaired) electrons. The van der Waals surface area contributed by atoms with E-state index in [1.54, 1.807) is 7.05 Å². The van der Waals surface area contributed by atoms with Gasteiger partial charge in [-0.2, -0.15) is 0 Å². The Labute approximate surface area is 181 Å². The summed E-state index contributed by atoms with van der Waals surface area (Å²) in [4.78, 5) is 26.4. The number of rotatable bonds is 4. The van der Waals surface area contributed by atoms with Gasteiger partial charge in [0.1, 0.15) is 0 Å². The van der Waals surface area contributed by atoms with Gasteiger partial charge >= 0.3 is 0 Å². The standard InChI is InChI=1S/C25H25ClN2O2/c1-16-3-4-21(14-23(16)26)19-5-6-20-13-22(8-7-18(20)12-19)25(30)28-10-9-17(15-28)11-24(29)27-2/h3-8,12-14,17H,9-11,15H2,1-2H3,(H,27,29).